The maximum atomic E-state index is 13.4. The highest BCUT2D eigenvalue weighted by Crippen LogP contribution is 2.19. The van der Waals surface area contributed by atoms with E-state index in [-0.39, 0.29) is 5.91 Å². The molecule has 0 saturated carbocycles. The molecule has 23 heavy (non-hydrogen) atoms. The van der Waals surface area contributed by atoms with Crippen LogP contribution >= 0.6 is 15.9 Å². The van der Waals surface area contributed by atoms with Gasteiger partial charge in [-0.15, -0.1) is 0 Å². The normalized spacial score (nSPS) is 15.7. The molecule has 0 bridgehead atoms. The minimum absolute atomic E-state index is 0.112. The average molecular weight is 379 g/mol. The van der Waals surface area contributed by atoms with Crippen molar-refractivity contribution in [1.29, 1.82) is 0 Å². The fourth-order valence-electron chi connectivity index (χ4n) is 2.82. The molecular weight excluding hydrogens is 361 g/mol. The van der Waals surface area contributed by atoms with Crippen molar-refractivity contribution in [2.75, 3.05) is 26.2 Å². The minimum Gasteiger partial charge on any atom is -0.328 e. The summed E-state index contributed by atoms with van der Waals surface area (Å²) in [6.45, 7) is 4.08. The molecular formula is C17H18BrFN3O+. The van der Waals surface area contributed by atoms with Crippen LogP contribution in [0.25, 0.3) is 0 Å². The predicted molar refractivity (Wildman–Crippen MR) is 88.6 cm³/mol. The lowest BCUT2D eigenvalue weighted by molar-refractivity contribution is -0.917. The molecule has 1 fully saturated rings. The lowest BCUT2D eigenvalue weighted by Crippen LogP contribution is -3.13. The van der Waals surface area contributed by atoms with Crippen molar-refractivity contribution in [1.82, 2.24) is 9.88 Å². The second kappa shape index (κ2) is 7.19. The van der Waals surface area contributed by atoms with Gasteiger partial charge >= 0.3 is 0 Å². The summed E-state index contributed by atoms with van der Waals surface area (Å²) in [4.78, 5) is 19.8. The van der Waals surface area contributed by atoms with Crippen molar-refractivity contribution in [2.24, 2.45) is 0 Å². The number of aromatic nitrogens is 1. The van der Waals surface area contributed by atoms with Gasteiger partial charge < -0.3 is 9.80 Å². The van der Waals surface area contributed by atoms with E-state index in [1.807, 2.05) is 12.1 Å². The first-order valence-electron chi connectivity index (χ1n) is 7.60. The zero-order valence-corrected chi connectivity index (χ0v) is 14.2. The van der Waals surface area contributed by atoms with Gasteiger partial charge in [0.25, 0.3) is 5.91 Å². The number of hydrogen-bond acceptors (Lipinski definition) is 2. The highest BCUT2D eigenvalue weighted by molar-refractivity contribution is 9.10. The third-order valence-corrected chi connectivity index (χ3v) is 4.81. The number of nitrogens with zero attached hydrogens (tertiary/aromatic N) is 2. The summed E-state index contributed by atoms with van der Waals surface area (Å²) in [7, 11) is 0. The molecule has 0 aliphatic carbocycles. The summed E-state index contributed by atoms with van der Waals surface area (Å²) in [5.74, 6) is -0.502. The molecule has 1 aromatic carbocycles. The topological polar surface area (TPSA) is 37.6 Å². The summed E-state index contributed by atoms with van der Waals surface area (Å²) in [5.41, 5.74) is 1.64. The molecule has 1 amide bonds. The van der Waals surface area contributed by atoms with Crippen molar-refractivity contribution in [2.45, 2.75) is 6.54 Å². The molecule has 0 radical (unpaired) electrons. The number of rotatable bonds is 3. The van der Waals surface area contributed by atoms with Gasteiger partial charge in [0, 0.05) is 22.4 Å². The van der Waals surface area contributed by atoms with Gasteiger partial charge in [-0.2, -0.15) is 0 Å². The highest BCUT2D eigenvalue weighted by atomic mass is 79.9. The molecule has 4 nitrogen and oxygen atoms in total. The molecule has 1 aliphatic heterocycles. The fourth-order valence-corrected chi connectivity index (χ4v) is 3.24. The lowest BCUT2D eigenvalue weighted by Gasteiger charge is -2.32. The van der Waals surface area contributed by atoms with Gasteiger partial charge in [0.1, 0.15) is 12.4 Å². The Morgan fingerprint density at radius 2 is 1.91 bits per heavy atom. The molecule has 1 aliphatic rings. The first-order chi connectivity index (χ1) is 11.1. The molecule has 0 atom stereocenters. The number of carbonyl (C=O) groups excluding carboxylic acids is 1. The molecule has 2 heterocycles. The number of halogens is 2. The van der Waals surface area contributed by atoms with Crippen molar-refractivity contribution >= 4 is 21.8 Å². The summed E-state index contributed by atoms with van der Waals surface area (Å²) >= 11 is 3.33. The molecule has 0 spiro atoms. The lowest BCUT2D eigenvalue weighted by atomic mass is 10.1. The van der Waals surface area contributed by atoms with Crippen molar-refractivity contribution < 1.29 is 14.1 Å². The summed E-state index contributed by atoms with van der Waals surface area (Å²) in [5, 5.41) is 0. The molecule has 3 rings (SSSR count). The number of nitrogens with one attached hydrogen (secondary N) is 1. The van der Waals surface area contributed by atoms with Gasteiger partial charge in [0.15, 0.2) is 0 Å². The monoisotopic (exact) mass is 378 g/mol. The second-order valence-corrected chi connectivity index (χ2v) is 6.55. The maximum Gasteiger partial charge on any atom is 0.255 e. The maximum absolute atomic E-state index is 13.4. The largest absolute Gasteiger partial charge is 0.328 e. The van der Waals surface area contributed by atoms with E-state index in [1.165, 1.54) is 22.6 Å². The summed E-state index contributed by atoms with van der Waals surface area (Å²) < 4.78 is 14.0. The van der Waals surface area contributed by atoms with E-state index in [1.54, 1.807) is 23.4 Å². The zero-order chi connectivity index (χ0) is 16.2. The van der Waals surface area contributed by atoms with E-state index in [9.17, 15) is 9.18 Å². The SMILES string of the molecule is O=C(c1cc(F)ccc1Br)N1CC[NH+](Cc2ccncc2)CC1. The second-order valence-electron chi connectivity index (χ2n) is 5.70. The Labute approximate surface area is 143 Å². The van der Waals surface area contributed by atoms with Crippen LogP contribution in [0.1, 0.15) is 15.9 Å². The van der Waals surface area contributed by atoms with Gasteiger partial charge in [-0.1, -0.05) is 0 Å². The van der Waals surface area contributed by atoms with Gasteiger partial charge in [0.05, 0.1) is 31.7 Å². The average Bonchev–Trinajstić information content (AvgIpc) is 2.58. The van der Waals surface area contributed by atoms with Gasteiger partial charge in [-0.05, 0) is 46.3 Å². The van der Waals surface area contributed by atoms with Crippen LogP contribution in [0.15, 0.2) is 47.2 Å². The van der Waals surface area contributed by atoms with E-state index >= 15 is 0 Å². The van der Waals surface area contributed by atoms with E-state index < -0.39 is 5.82 Å². The van der Waals surface area contributed by atoms with Crippen LogP contribution in [0.5, 0.6) is 0 Å². The van der Waals surface area contributed by atoms with Crippen LogP contribution < -0.4 is 4.90 Å². The van der Waals surface area contributed by atoms with E-state index in [4.69, 9.17) is 0 Å². The van der Waals surface area contributed by atoms with Gasteiger partial charge in [0.2, 0.25) is 0 Å². The molecule has 6 heteroatoms. The van der Waals surface area contributed by atoms with Crippen LogP contribution in [0, 0.1) is 5.82 Å². The van der Waals surface area contributed by atoms with Gasteiger partial charge in [-0.25, -0.2) is 4.39 Å². The summed E-state index contributed by atoms with van der Waals surface area (Å²) in [6, 6.07) is 8.26. The Bertz CT molecular complexity index is 687. The molecule has 1 saturated heterocycles. The van der Waals surface area contributed by atoms with Crippen LogP contribution in [0.3, 0.4) is 0 Å². The van der Waals surface area contributed by atoms with Crippen molar-refractivity contribution in [3.63, 3.8) is 0 Å². The van der Waals surface area contributed by atoms with Crippen LogP contribution in [0.2, 0.25) is 0 Å². The Hall–Kier alpha value is -1.79. The standard InChI is InChI=1S/C17H17BrFN3O/c18-16-2-1-14(19)11-15(16)17(23)22-9-7-21(8-10-22)12-13-3-5-20-6-4-13/h1-6,11H,7-10,12H2/p+1. The highest BCUT2D eigenvalue weighted by Gasteiger charge is 2.25. The predicted octanol–water partition coefficient (Wildman–Crippen LogP) is 1.52. The van der Waals surface area contributed by atoms with Crippen LogP contribution in [0.4, 0.5) is 4.39 Å². The van der Waals surface area contributed by atoms with E-state index in [0.29, 0.717) is 23.1 Å². The molecule has 1 N–H and O–H groups in total. The Morgan fingerprint density at radius 3 is 2.61 bits per heavy atom. The third kappa shape index (κ3) is 3.95. The van der Waals surface area contributed by atoms with E-state index in [0.717, 1.165) is 19.6 Å². The number of amides is 1. The molecule has 1 aromatic heterocycles. The van der Waals surface area contributed by atoms with Crippen molar-refractivity contribution in [3.05, 3.63) is 64.1 Å². The molecule has 120 valence electrons. The number of quaternary nitrogens is 1. The zero-order valence-electron chi connectivity index (χ0n) is 12.6. The Kier molecular flexibility index (Phi) is 5.03. The van der Waals surface area contributed by atoms with Crippen LogP contribution in [-0.4, -0.2) is 42.0 Å². The smallest absolute Gasteiger partial charge is 0.255 e. The number of hydrogen-bond donors (Lipinski definition) is 1. The minimum atomic E-state index is -0.390. The van der Waals surface area contributed by atoms with Crippen LogP contribution in [-0.2, 0) is 6.54 Å². The van der Waals surface area contributed by atoms with E-state index in [2.05, 4.69) is 20.9 Å². The fraction of sp³-hybridized carbons (Fsp3) is 0.294. The van der Waals surface area contributed by atoms with Gasteiger partial charge in [-0.3, -0.25) is 9.78 Å². The number of pyridine rings is 1. The molecule has 0 unspecified atom stereocenters. The summed E-state index contributed by atoms with van der Waals surface area (Å²) in [6.07, 6.45) is 3.60. The quantitative estimate of drug-likeness (QED) is 0.879. The molecule has 2 aromatic rings. The Balaban J connectivity index is 1.60. The first kappa shape index (κ1) is 16.1. The number of carbonyl (C=O) groups is 1. The first-order valence-corrected chi connectivity index (χ1v) is 8.39. The Morgan fingerprint density at radius 1 is 1.22 bits per heavy atom. The third-order valence-electron chi connectivity index (χ3n) is 4.12. The number of benzene rings is 1. The van der Waals surface area contributed by atoms with Crippen molar-refractivity contribution in [3.8, 4) is 0 Å². The number of piperazine rings is 1.